The minimum atomic E-state index is -0.286. The van der Waals surface area contributed by atoms with Crippen molar-refractivity contribution >= 4 is 17.8 Å². The Kier molecular flexibility index (Phi) is 7.24. The Morgan fingerprint density at radius 1 is 1.24 bits per heavy atom. The summed E-state index contributed by atoms with van der Waals surface area (Å²) in [7, 11) is 3.88. The Morgan fingerprint density at radius 2 is 1.96 bits per heavy atom. The van der Waals surface area contributed by atoms with Crippen LogP contribution in [0.1, 0.15) is 37.9 Å². The fraction of sp³-hybridized carbons (Fsp3) is 0.706. The molecule has 2 N–H and O–H groups in total. The lowest BCUT2D eigenvalue weighted by molar-refractivity contribution is -0.116. The molecule has 2 rings (SSSR count). The van der Waals surface area contributed by atoms with Gasteiger partial charge in [0.15, 0.2) is 5.82 Å². The third-order valence-corrected chi connectivity index (χ3v) is 4.27. The molecule has 3 amide bonds. The topological polar surface area (TPSA) is 90.7 Å². The van der Waals surface area contributed by atoms with Gasteiger partial charge in [-0.3, -0.25) is 4.79 Å². The number of hydrogen-bond acceptors (Lipinski definition) is 5. The van der Waals surface area contributed by atoms with Crippen molar-refractivity contribution < 1.29 is 14.1 Å². The van der Waals surface area contributed by atoms with Crippen LogP contribution in [0.15, 0.2) is 10.6 Å². The second-order valence-electron chi connectivity index (χ2n) is 6.88. The Bertz CT molecular complexity index is 566. The third kappa shape index (κ3) is 6.74. The first-order chi connectivity index (χ1) is 11.9. The summed E-state index contributed by atoms with van der Waals surface area (Å²) in [5.74, 6) is 0.698. The van der Waals surface area contributed by atoms with E-state index >= 15 is 0 Å². The molecular weight excluding hydrogens is 322 g/mol. The quantitative estimate of drug-likeness (QED) is 0.782. The summed E-state index contributed by atoms with van der Waals surface area (Å²) < 4.78 is 4.93. The normalized spacial score (nSPS) is 15.2. The highest BCUT2D eigenvalue weighted by atomic mass is 16.5. The highest BCUT2D eigenvalue weighted by Gasteiger charge is 2.22. The number of likely N-dealkylation sites (N-methyl/N-ethyl adjacent to an activating group) is 1. The first-order valence-corrected chi connectivity index (χ1v) is 8.87. The molecule has 0 spiro atoms. The molecule has 1 aromatic rings. The predicted octanol–water partition coefficient (Wildman–Crippen LogP) is 1.83. The molecule has 0 bridgehead atoms. The summed E-state index contributed by atoms with van der Waals surface area (Å²) in [4.78, 5) is 28.4. The van der Waals surface area contributed by atoms with Gasteiger partial charge in [-0.15, -0.1) is 0 Å². The zero-order chi connectivity index (χ0) is 18.2. The molecule has 1 fully saturated rings. The Balaban J connectivity index is 1.90. The minimum Gasteiger partial charge on any atom is -0.360 e. The fourth-order valence-electron chi connectivity index (χ4n) is 2.87. The minimum absolute atomic E-state index is 0.0156. The lowest BCUT2D eigenvalue weighted by Gasteiger charge is -2.28. The number of amides is 3. The van der Waals surface area contributed by atoms with Gasteiger partial charge in [0.2, 0.25) is 5.91 Å². The van der Waals surface area contributed by atoms with Crippen LogP contribution >= 0.6 is 0 Å². The van der Waals surface area contributed by atoms with Crippen LogP contribution in [0.4, 0.5) is 10.6 Å². The van der Waals surface area contributed by atoms with E-state index in [9.17, 15) is 9.59 Å². The van der Waals surface area contributed by atoms with Crippen molar-refractivity contribution in [1.82, 2.24) is 20.3 Å². The zero-order valence-electron chi connectivity index (χ0n) is 15.4. The highest BCUT2D eigenvalue weighted by molar-refractivity contribution is 5.93. The maximum Gasteiger partial charge on any atom is 0.318 e. The molecule has 0 unspecified atom stereocenters. The summed E-state index contributed by atoms with van der Waals surface area (Å²) in [6.07, 6.45) is 5.55. The highest BCUT2D eigenvalue weighted by Crippen LogP contribution is 2.17. The molecular formula is C17H29N5O3. The number of urea groups is 1. The molecule has 1 saturated carbocycles. The number of nitrogens with one attached hydrogen (secondary N) is 2. The number of rotatable bonds is 7. The molecule has 0 radical (unpaired) electrons. The van der Waals surface area contributed by atoms with E-state index in [1.54, 1.807) is 17.9 Å². The van der Waals surface area contributed by atoms with Crippen LogP contribution in [-0.4, -0.2) is 66.7 Å². The van der Waals surface area contributed by atoms with Gasteiger partial charge < -0.3 is 25.0 Å². The SMILES string of the molecule is Cc1cc(NC(=O)CN(CCN(C)C)C(=O)NC2CCCCC2)no1. The Labute approximate surface area is 148 Å². The van der Waals surface area contributed by atoms with Crippen LogP contribution in [-0.2, 0) is 4.79 Å². The van der Waals surface area contributed by atoms with E-state index in [2.05, 4.69) is 15.8 Å². The van der Waals surface area contributed by atoms with Gasteiger partial charge in [0.05, 0.1) is 0 Å². The van der Waals surface area contributed by atoms with E-state index < -0.39 is 0 Å². The third-order valence-electron chi connectivity index (χ3n) is 4.27. The maximum atomic E-state index is 12.6. The molecule has 0 aromatic carbocycles. The number of aryl methyl sites for hydroxylation is 1. The Hall–Kier alpha value is -2.09. The second-order valence-corrected chi connectivity index (χ2v) is 6.88. The first-order valence-electron chi connectivity index (χ1n) is 8.87. The molecule has 0 atom stereocenters. The molecule has 25 heavy (non-hydrogen) atoms. The van der Waals surface area contributed by atoms with Gasteiger partial charge in [0.1, 0.15) is 12.3 Å². The second kappa shape index (κ2) is 9.41. The molecule has 1 aromatic heterocycles. The van der Waals surface area contributed by atoms with Crippen LogP contribution < -0.4 is 10.6 Å². The summed E-state index contributed by atoms with van der Waals surface area (Å²) in [5, 5.41) is 9.47. The molecule has 0 aliphatic heterocycles. The number of aromatic nitrogens is 1. The number of carbonyl (C=O) groups excluding carboxylic acids is 2. The van der Waals surface area contributed by atoms with E-state index in [1.165, 1.54) is 6.42 Å². The lowest BCUT2D eigenvalue weighted by atomic mass is 9.96. The summed E-state index contributed by atoms with van der Waals surface area (Å²) in [6.45, 7) is 2.91. The van der Waals surface area contributed by atoms with Gasteiger partial charge >= 0.3 is 6.03 Å². The van der Waals surface area contributed by atoms with Gasteiger partial charge in [-0.2, -0.15) is 0 Å². The monoisotopic (exact) mass is 351 g/mol. The predicted molar refractivity (Wildman–Crippen MR) is 95.4 cm³/mol. The van der Waals surface area contributed by atoms with Crippen molar-refractivity contribution in [1.29, 1.82) is 0 Å². The average Bonchev–Trinajstić information content (AvgIpc) is 2.97. The number of nitrogens with zero attached hydrogens (tertiary/aromatic N) is 3. The van der Waals surface area contributed by atoms with E-state index in [1.807, 2.05) is 19.0 Å². The van der Waals surface area contributed by atoms with Crippen molar-refractivity contribution in [2.75, 3.05) is 39.0 Å². The molecule has 140 valence electrons. The standard InChI is InChI=1S/C17H29N5O3/c1-13-11-15(20-25-13)19-16(23)12-22(10-9-21(2)3)17(24)18-14-7-5-4-6-8-14/h11,14H,4-10,12H2,1-3H3,(H,18,24)(H,19,20,23). The summed E-state index contributed by atoms with van der Waals surface area (Å²) in [6, 6.07) is 1.68. The van der Waals surface area contributed by atoms with Gasteiger partial charge in [-0.05, 0) is 33.9 Å². The number of hydrogen-bond donors (Lipinski definition) is 2. The van der Waals surface area contributed by atoms with E-state index in [4.69, 9.17) is 4.52 Å². The zero-order valence-corrected chi connectivity index (χ0v) is 15.4. The van der Waals surface area contributed by atoms with Crippen molar-refractivity contribution in [2.45, 2.75) is 45.1 Å². The maximum absolute atomic E-state index is 12.6. The van der Waals surface area contributed by atoms with Crippen LogP contribution in [0.5, 0.6) is 0 Å². The number of carbonyl (C=O) groups is 2. The van der Waals surface area contributed by atoms with Crippen LogP contribution in [0, 0.1) is 6.92 Å². The number of anilines is 1. The van der Waals surface area contributed by atoms with Gasteiger partial charge in [-0.25, -0.2) is 4.79 Å². The van der Waals surface area contributed by atoms with E-state index in [0.717, 1.165) is 25.7 Å². The van der Waals surface area contributed by atoms with Crippen LogP contribution in [0.3, 0.4) is 0 Å². The molecule has 0 saturated heterocycles. The van der Waals surface area contributed by atoms with E-state index in [-0.39, 0.29) is 24.5 Å². The van der Waals surface area contributed by atoms with Crippen molar-refractivity contribution in [3.05, 3.63) is 11.8 Å². The van der Waals surface area contributed by atoms with E-state index in [0.29, 0.717) is 24.7 Å². The molecule has 1 aliphatic carbocycles. The molecule has 8 nitrogen and oxygen atoms in total. The first kappa shape index (κ1) is 19.2. The van der Waals surface area contributed by atoms with Crippen LogP contribution in [0.25, 0.3) is 0 Å². The van der Waals surface area contributed by atoms with Crippen molar-refractivity contribution in [3.8, 4) is 0 Å². The van der Waals surface area contributed by atoms with Gasteiger partial charge in [-0.1, -0.05) is 24.4 Å². The summed E-state index contributed by atoms with van der Waals surface area (Å²) in [5.41, 5.74) is 0. The van der Waals surface area contributed by atoms with Crippen LogP contribution in [0.2, 0.25) is 0 Å². The Morgan fingerprint density at radius 3 is 2.56 bits per heavy atom. The van der Waals surface area contributed by atoms with Crippen molar-refractivity contribution in [2.24, 2.45) is 0 Å². The smallest absolute Gasteiger partial charge is 0.318 e. The lowest BCUT2D eigenvalue weighted by Crippen LogP contribution is -2.49. The van der Waals surface area contributed by atoms with Gasteiger partial charge in [0, 0.05) is 25.2 Å². The van der Waals surface area contributed by atoms with Gasteiger partial charge in [0.25, 0.3) is 0 Å². The summed E-state index contributed by atoms with van der Waals surface area (Å²) >= 11 is 0. The molecule has 1 heterocycles. The molecule has 1 aliphatic rings. The molecule has 8 heteroatoms. The average molecular weight is 351 g/mol. The fourth-order valence-corrected chi connectivity index (χ4v) is 2.87. The van der Waals surface area contributed by atoms with Crippen molar-refractivity contribution in [3.63, 3.8) is 0 Å². The largest absolute Gasteiger partial charge is 0.360 e.